The fourth-order valence-corrected chi connectivity index (χ4v) is 3.03. The molecule has 3 rings (SSSR count). The minimum absolute atomic E-state index is 0.139. The highest BCUT2D eigenvalue weighted by atomic mass is 35.5. The zero-order chi connectivity index (χ0) is 15.5. The number of halogens is 1. The maximum atomic E-state index is 11.8. The van der Waals surface area contributed by atoms with Crippen molar-refractivity contribution in [3.63, 3.8) is 0 Å². The lowest BCUT2D eigenvalue weighted by atomic mass is 10.3. The van der Waals surface area contributed by atoms with E-state index in [4.69, 9.17) is 16.3 Å². The van der Waals surface area contributed by atoms with Gasteiger partial charge in [0.1, 0.15) is 16.7 Å². The summed E-state index contributed by atoms with van der Waals surface area (Å²) in [6, 6.07) is 4.11. The van der Waals surface area contributed by atoms with Crippen LogP contribution in [0.25, 0.3) is 0 Å². The van der Waals surface area contributed by atoms with Gasteiger partial charge in [-0.05, 0) is 30.7 Å². The molecule has 5 nitrogen and oxygen atoms in total. The van der Waals surface area contributed by atoms with Gasteiger partial charge in [0.15, 0.2) is 5.69 Å². The van der Waals surface area contributed by atoms with Crippen LogP contribution in [0.3, 0.4) is 0 Å². The molecule has 0 atom stereocenters. The summed E-state index contributed by atoms with van der Waals surface area (Å²) in [4.78, 5) is 21.8. The number of aromatic nitrogens is 2. The summed E-state index contributed by atoms with van der Waals surface area (Å²) in [7, 11) is 1.32. The molecule has 7 heteroatoms. The maximum Gasteiger partial charge on any atom is 0.358 e. The van der Waals surface area contributed by atoms with Crippen LogP contribution in [0, 0.1) is 0 Å². The number of anilines is 1. The number of carbonyl (C=O) groups is 1. The SMILES string of the molecule is COC(=O)c1nc(C2CC2)nc(NCCc2cccs2)c1Cl. The highest BCUT2D eigenvalue weighted by Gasteiger charge is 2.30. The van der Waals surface area contributed by atoms with E-state index in [2.05, 4.69) is 21.4 Å². The van der Waals surface area contributed by atoms with Crippen molar-refractivity contribution in [1.82, 2.24) is 9.97 Å². The fourth-order valence-electron chi connectivity index (χ4n) is 2.10. The second-order valence-corrected chi connectivity index (χ2v) is 6.53. The molecule has 1 saturated carbocycles. The second-order valence-electron chi connectivity index (χ2n) is 5.11. The molecule has 1 aliphatic rings. The van der Waals surface area contributed by atoms with Gasteiger partial charge < -0.3 is 10.1 Å². The summed E-state index contributed by atoms with van der Waals surface area (Å²) < 4.78 is 4.75. The van der Waals surface area contributed by atoms with Crippen molar-refractivity contribution in [1.29, 1.82) is 0 Å². The summed E-state index contributed by atoms with van der Waals surface area (Å²) in [5, 5.41) is 5.48. The first-order valence-electron chi connectivity index (χ1n) is 7.11. The summed E-state index contributed by atoms with van der Waals surface area (Å²) in [5.74, 6) is 0.980. The Morgan fingerprint density at radius 3 is 2.95 bits per heavy atom. The molecular formula is C15H16ClN3O2S. The lowest BCUT2D eigenvalue weighted by Gasteiger charge is -2.11. The number of methoxy groups -OCH3 is 1. The molecule has 1 fully saturated rings. The van der Waals surface area contributed by atoms with Crippen LogP contribution in [0.2, 0.25) is 5.02 Å². The van der Waals surface area contributed by atoms with Crippen molar-refractivity contribution in [2.75, 3.05) is 19.0 Å². The van der Waals surface area contributed by atoms with E-state index in [-0.39, 0.29) is 10.7 Å². The van der Waals surface area contributed by atoms with E-state index in [1.807, 2.05) is 11.4 Å². The first-order chi connectivity index (χ1) is 10.7. The molecule has 22 heavy (non-hydrogen) atoms. The second kappa shape index (κ2) is 6.62. The molecule has 0 unspecified atom stereocenters. The number of nitrogens with one attached hydrogen (secondary N) is 1. The maximum absolute atomic E-state index is 11.8. The van der Waals surface area contributed by atoms with Crippen molar-refractivity contribution < 1.29 is 9.53 Å². The van der Waals surface area contributed by atoms with Crippen LogP contribution in [0.1, 0.15) is 39.9 Å². The van der Waals surface area contributed by atoms with E-state index in [0.29, 0.717) is 24.1 Å². The van der Waals surface area contributed by atoms with E-state index < -0.39 is 5.97 Å². The van der Waals surface area contributed by atoms with E-state index in [1.54, 1.807) is 11.3 Å². The van der Waals surface area contributed by atoms with Crippen molar-refractivity contribution in [2.24, 2.45) is 0 Å². The standard InChI is InChI=1S/C15H16ClN3O2S/c1-21-15(20)12-11(16)14(19-13(18-12)9-4-5-9)17-7-6-10-3-2-8-22-10/h2-3,8-9H,4-7H2,1H3,(H,17,18,19). The van der Waals surface area contributed by atoms with Gasteiger partial charge in [0, 0.05) is 17.3 Å². The van der Waals surface area contributed by atoms with Gasteiger partial charge in [-0.3, -0.25) is 0 Å². The Kier molecular flexibility index (Phi) is 4.59. The minimum Gasteiger partial charge on any atom is -0.464 e. The highest BCUT2D eigenvalue weighted by Crippen LogP contribution is 2.39. The Bertz CT molecular complexity index is 672. The summed E-state index contributed by atoms with van der Waals surface area (Å²) in [6.07, 6.45) is 2.98. The Balaban J connectivity index is 1.79. The van der Waals surface area contributed by atoms with Crippen LogP contribution in [-0.4, -0.2) is 29.6 Å². The van der Waals surface area contributed by atoms with Gasteiger partial charge in [-0.25, -0.2) is 14.8 Å². The van der Waals surface area contributed by atoms with E-state index >= 15 is 0 Å². The Morgan fingerprint density at radius 2 is 2.32 bits per heavy atom. The van der Waals surface area contributed by atoms with Gasteiger partial charge in [-0.1, -0.05) is 17.7 Å². The Labute approximate surface area is 137 Å². The molecule has 0 bridgehead atoms. The van der Waals surface area contributed by atoms with Crippen LogP contribution < -0.4 is 5.32 Å². The van der Waals surface area contributed by atoms with Crippen molar-refractivity contribution in [3.8, 4) is 0 Å². The van der Waals surface area contributed by atoms with Crippen LogP contribution >= 0.6 is 22.9 Å². The summed E-state index contributed by atoms with van der Waals surface area (Å²) in [5.41, 5.74) is 0.139. The molecule has 0 amide bonds. The molecule has 2 heterocycles. The monoisotopic (exact) mass is 337 g/mol. The molecule has 0 aromatic carbocycles. The minimum atomic E-state index is -0.532. The number of nitrogens with zero attached hydrogens (tertiary/aromatic N) is 2. The Hall–Kier alpha value is -1.66. The normalized spacial score (nSPS) is 13.9. The predicted octanol–water partition coefficient (Wildman–Crippen LogP) is 3.51. The number of hydrogen-bond acceptors (Lipinski definition) is 6. The van der Waals surface area contributed by atoms with Crippen LogP contribution in [0.4, 0.5) is 5.82 Å². The van der Waals surface area contributed by atoms with Crippen molar-refractivity contribution in [3.05, 3.63) is 38.9 Å². The van der Waals surface area contributed by atoms with Gasteiger partial charge in [-0.2, -0.15) is 0 Å². The number of esters is 1. The quantitative estimate of drug-likeness (QED) is 0.817. The first-order valence-corrected chi connectivity index (χ1v) is 8.36. The van der Waals surface area contributed by atoms with Gasteiger partial charge >= 0.3 is 5.97 Å². The first kappa shape index (κ1) is 15.2. The van der Waals surface area contributed by atoms with E-state index in [1.165, 1.54) is 12.0 Å². The number of carbonyl (C=O) groups excluding carboxylic acids is 1. The summed E-state index contributed by atoms with van der Waals surface area (Å²) in [6.45, 7) is 0.696. The smallest absolute Gasteiger partial charge is 0.358 e. The van der Waals surface area contributed by atoms with Crippen LogP contribution in [0.5, 0.6) is 0 Å². The largest absolute Gasteiger partial charge is 0.464 e. The molecule has 0 aliphatic heterocycles. The van der Waals surface area contributed by atoms with Gasteiger partial charge in [0.05, 0.1) is 7.11 Å². The molecular weight excluding hydrogens is 322 g/mol. The molecule has 0 saturated heterocycles. The number of rotatable bonds is 6. The van der Waals surface area contributed by atoms with Gasteiger partial charge in [-0.15, -0.1) is 11.3 Å². The third-order valence-corrected chi connectivity index (χ3v) is 4.73. The zero-order valence-corrected chi connectivity index (χ0v) is 13.7. The highest BCUT2D eigenvalue weighted by molar-refractivity contribution is 7.09. The molecule has 2 aromatic heterocycles. The topological polar surface area (TPSA) is 64.1 Å². The van der Waals surface area contributed by atoms with E-state index in [9.17, 15) is 4.79 Å². The van der Waals surface area contributed by atoms with E-state index in [0.717, 1.165) is 19.3 Å². The fraction of sp³-hybridized carbons (Fsp3) is 0.400. The molecule has 1 N–H and O–H groups in total. The zero-order valence-electron chi connectivity index (χ0n) is 12.1. The van der Waals surface area contributed by atoms with Crippen LogP contribution in [0.15, 0.2) is 17.5 Å². The third kappa shape index (κ3) is 3.39. The predicted molar refractivity (Wildman–Crippen MR) is 86.9 cm³/mol. The average Bonchev–Trinajstić information content (AvgIpc) is 3.25. The molecule has 2 aromatic rings. The lowest BCUT2D eigenvalue weighted by Crippen LogP contribution is -2.13. The number of hydrogen-bond donors (Lipinski definition) is 1. The third-order valence-electron chi connectivity index (χ3n) is 3.43. The molecule has 0 radical (unpaired) electrons. The van der Waals surface area contributed by atoms with Crippen molar-refractivity contribution in [2.45, 2.75) is 25.2 Å². The summed E-state index contributed by atoms with van der Waals surface area (Å²) >= 11 is 7.97. The Morgan fingerprint density at radius 1 is 1.50 bits per heavy atom. The van der Waals surface area contributed by atoms with Crippen LogP contribution in [-0.2, 0) is 11.2 Å². The molecule has 116 valence electrons. The lowest BCUT2D eigenvalue weighted by molar-refractivity contribution is 0.0593. The average molecular weight is 338 g/mol. The molecule has 0 spiro atoms. The molecule has 1 aliphatic carbocycles. The van der Waals surface area contributed by atoms with Crippen molar-refractivity contribution >= 4 is 34.7 Å². The number of ether oxygens (including phenoxy) is 1. The van der Waals surface area contributed by atoms with Gasteiger partial charge in [0.2, 0.25) is 0 Å². The number of thiophene rings is 1. The van der Waals surface area contributed by atoms with Gasteiger partial charge in [0.25, 0.3) is 0 Å².